The van der Waals surface area contributed by atoms with Gasteiger partial charge in [0.1, 0.15) is 52.7 Å². The average Bonchev–Trinajstić information content (AvgIpc) is 3.33. The van der Waals surface area contributed by atoms with Crippen molar-refractivity contribution in [1.29, 1.82) is 0 Å². The second kappa shape index (κ2) is 50.4. The predicted molar refractivity (Wildman–Crippen MR) is 281 cm³/mol. The van der Waals surface area contributed by atoms with Crippen molar-refractivity contribution in [1.82, 2.24) is 0 Å². The van der Waals surface area contributed by atoms with E-state index in [0.717, 1.165) is 38.5 Å². The number of carbonyl (C=O) groups is 8. The number of nitrogens with zero attached hydrogens (tertiary/aromatic N) is 2. The van der Waals surface area contributed by atoms with E-state index in [1.165, 1.54) is 89.9 Å². The highest BCUT2D eigenvalue weighted by atomic mass is 127. The maximum absolute atomic E-state index is 13.1. The molecule has 0 aliphatic rings. The molecule has 0 rings (SSSR count). The summed E-state index contributed by atoms with van der Waals surface area (Å²) in [6.07, 6.45) is 20.8. The van der Waals surface area contributed by atoms with Gasteiger partial charge in [-0.15, -0.1) is 0 Å². The van der Waals surface area contributed by atoms with Crippen molar-refractivity contribution in [3.8, 4) is 0 Å². The van der Waals surface area contributed by atoms with Gasteiger partial charge in [0.25, 0.3) is 0 Å². The highest BCUT2D eigenvalue weighted by molar-refractivity contribution is 5.79. The summed E-state index contributed by atoms with van der Waals surface area (Å²) >= 11 is 0. The maximum Gasteiger partial charge on any atom is 0.306 e. The van der Waals surface area contributed by atoms with Crippen LogP contribution in [0.25, 0.3) is 0 Å². The van der Waals surface area contributed by atoms with Crippen LogP contribution < -0.4 is 48.0 Å². The van der Waals surface area contributed by atoms with Crippen LogP contribution in [-0.4, -0.2) is 164 Å². The summed E-state index contributed by atoms with van der Waals surface area (Å²) in [4.78, 5) is 101. The van der Waals surface area contributed by atoms with Crippen LogP contribution >= 0.6 is 0 Å². The fourth-order valence-electron chi connectivity index (χ4n) is 7.24. The first-order valence-corrected chi connectivity index (χ1v) is 28.2. The standard InChI is InChI=1S/C56H102N2O16.2HI/c1-9-11-13-15-17-19-21-23-25-27-29-31-49(59)69-43-47(44-70-50(60)32-30-28-26-24-22-20-18-16-14-12-10-2)73-55(65)37-38-56(66)74-48(45-71-53(63)35-33-51(61)67-41-39-57(3,4)5)46-72-54(64)36-34-52(62)68-42-40-58(6,7)8;;/h47-48H,9-46H2,1-8H3;2*1H/q+2;;/p-2. The van der Waals surface area contributed by atoms with Gasteiger partial charge in [-0.05, 0) is 12.8 Å². The molecule has 0 N–H and O–H groups in total. The van der Waals surface area contributed by atoms with Gasteiger partial charge in [0.2, 0.25) is 0 Å². The van der Waals surface area contributed by atoms with Crippen LogP contribution in [0.3, 0.4) is 0 Å². The molecule has 0 aliphatic carbocycles. The van der Waals surface area contributed by atoms with Crippen LogP contribution in [-0.2, 0) is 76.3 Å². The second-order valence-electron chi connectivity index (χ2n) is 21.5. The van der Waals surface area contributed by atoms with Gasteiger partial charge in [-0.25, -0.2) is 0 Å². The molecule has 0 aromatic heterocycles. The Morgan fingerprint density at radius 2 is 0.500 bits per heavy atom. The lowest BCUT2D eigenvalue weighted by Crippen LogP contribution is -3.00. The van der Waals surface area contributed by atoms with Crippen LogP contribution in [0, 0.1) is 0 Å². The van der Waals surface area contributed by atoms with Crippen molar-refractivity contribution >= 4 is 47.8 Å². The summed E-state index contributed by atoms with van der Waals surface area (Å²) < 4.78 is 43.9. The van der Waals surface area contributed by atoms with E-state index >= 15 is 0 Å². The van der Waals surface area contributed by atoms with Crippen LogP contribution in [0.15, 0.2) is 0 Å². The molecule has 76 heavy (non-hydrogen) atoms. The highest BCUT2D eigenvalue weighted by Gasteiger charge is 2.24. The lowest BCUT2D eigenvalue weighted by Gasteiger charge is -2.23. The molecule has 0 unspecified atom stereocenters. The third-order valence-corrected chi connectivity index (χ3v) is 11.9. The zero-order chi connectivity index (χ0) is 55.3. The van der Waals surface area contributed by atoms with E-state index in [2.05, 4.69) is 13.8 Å². The number of rotatable bonds is 49. The molecule has 0 bridgehead atoms. The normalized spacial score (nSPS) is 11.2. The number of quaternary nitrogens is 2. The maximum atomic E-state index is 13.1. The van der Waals surface area contributed by atoms with Gasteiger partial charge in [-0.3, -0.25) is 38.4 Å². The van der Waals surface area contributed by atoms with E-state index in [-0.39, 0.29) is 113 Å². The van der Waals surface area contributed by atoms with E-state index in [0.29, 0.717) is 34.9 Å². The van der Waals surface area contributed by atoms with E-state index in [4.69, 9.17) is 37.9 Å². The molecule has 20 heteroatoms. The molecule has 0 saturated carbocycles. The van der Waals surface area contributed by atoms with Gasteiger partial charge in [-0.2, -0.15) is 0 Å². The Kier molecular flexibility index (Phi) is 51.3. The quantitative estimate of drug-likeness (QED) is 0.0282. The minimum Gasteiger partial charge on any atom is -1.00 e. The minimum atomic E-state index is -1.31. The molecular formula is C56H102I2N2O16. The van der Waals surface area contributed by atoms with Crippen molar-refractivity contribution in [2.24, 2.45) is 0 Å². The number of unbranched alkanes of at least 4 members (excludes halogenated alkanes) is 20. The Hall–Kier alpha value is -2.86. The van der Waals surface area contributed by atoms with Gasteiger partial charge < -0.3 is 94.8 Å². The topological polar surface area (TPSA) is 210 Å². The lowest BCUT2D eigenvalue weighted by atomic mass is 10.1. The van der Waals surface area contributed by atoms with Crippen molar-refractivity contribution in [3.05, 3.63) is 0 Å². The van der Waals surface area contributed by atoms with Gasteiger partial charge in [0.15, 0.2) is 12.2 Å². The smallest absolute Gasteiger partial charge is 0.306 e. The largest absolute Gasteiger partial charge is 1.00 e. The Balaban J connectivity index is -0.0000266. The molecule has 0 aromatic rings. The number of hydrogen-bond acceptors (Lipinski definition) is 16. The molecule has 0 fully saturated rings. The molecule has 0 amide bonds. The molecule has 446 valence electrons. The number of hydrogen-bond donors (Lipinski definition) is 0. The van der Waals surface area contributed by atoms with Crippen molar-refractivity contribution < 1.29 is 133 Å². The molecule has 0 spiro atoms. The van der Waals surface area contributed by atoms with Crippen LogP contribution in [0.4, 0.5) is 0 Å². The van der Waals surface area contributed by atoms with Gasteiger partial charge in [-0.1, -0.05) is 142 Å². The number of likely N-dealkylation sites (N-methyl/N-ethyl adjacent to an activating group) is 2. The van der Waals surface area contributed by atoms with Crippen LogP contribution in [0.2, 0.25) is 0 Å². The fraction of sp³-hybridized carbons (Fsp3) is 0.857. The summed E-state index contributed by atoms with van der Waals surface area (Å²) in [5.74, 6) is -5.48. The lowest BCUT2D eigenvalue weighted by molar-refractivity contribution is -0.870. The first kappa shape index (κ1) is 77.4. The summed E-state index contributed by atoms with van der Waals surface area (Å²) in [6.45, 7) is 4.11. The van der Waals surface area contributed by atoms with Gasteiger partial charge in [0.05, 0.1) is 80.8 Å². The molecule has 0 aliphatic heterocycles. The SMILES string of the molecule is CCCCCCCCCCCCCC(=O)OCC(COC(=O)CCCCCCCCCCCCC)OC(=O)CCC(=O)OC(COC(=O)CCC(=O)OCC[N+](C)(C)C)COC(=O)CCC(=O)OCC[N+](C)(C)C.[I-].[I-]. The van der Waals surface area contributed by atoms with E-state index < -0.39 is 86.0 Å². The monoisotopic (exact) mass is 1310 g/mol. The zero-order valence-corrected chi connectivity index (χ0v) is 52.5. The van der Waals surface area contributed by atoms with Gasteiger partial charge >= 0.3 is 47.8 Å². The predicted octanol–water partition coefficient (Wildman–Crippen LogP) is 3.23. The number of carbonyl (C=O) groups excluding carboxylic acids is 8. The fourth-order valence-corrected chi connectivity index (χ4v) is 7.24. The van der Waals surface area contributed by atoms with Gasteiger partial charge in [0, 0.05) is 12.8 Å². The molecule has 0 saturated heterocycles. The van der Waals surface area contributed by atoms with Crippen LogP contribution in [0.1, 0.15) is 206 Å². The molecule has 0 aromatic carbocycles. The Bertz CT molecular complexity index is 1460. The third-order valence-electron chi connectivity index (χ3n) is 11.9. The van der Waals surface area contributed by atoms with Crippen LogP contribution in [0.5, 0.6) is 0 Å². The third kappa shape index (κ3) is 54.5. The minimum absolute atomic E-state index is 0. The summed E-state index contributed by atoms with van der Waals surface area (Å²) in [6, 6.07) is 0. The average molecular weight is 1310 g/mol. The summed E-state index contributed by atoms with van der Waals surface area (Å²) in [5.41, 5.74) is 0. The van der Waals surface area contributed by atoms with Crippen molar-refractivity contribution in [2.45, 2.75) is 219 Å². The molecule has 0 atom stereocenters. The molecule has 0 radical (unpaired) electrons. The summed E-state index contributed by atoms with van der Waals surface area (Å²) in [7, 11) is 11.7. The Labute approximate surface area is 491 Å². The zero-order valence-electron chi connectivity index (χ0n) is 48.2. The molecule has 18 nitrogen and oxygen atoms in total. The Morgan fingerprint density at radius 3 is 0.750 bits per heavy atom. The Morgan fingerprint density at radius 1 is 0.289 bits per heavy atom. The van der Waals surface area contributed by atoms with Crippen molar-refractivity contribution in [2.75, 3.05) is 95.0 Å². The summed E-state index contributed by atoms with van der Waals surface area (Å²) in [5, 5.41) is 0. The first-order chi connectivity index (χ1) is 35.2. The van der Waals surface area contributed by atoms with Crippen molar-refractivity contribution in [3.63, 3.8) is 0 Å². The number of esters is 8. The second-order valence-corrected chi connectivity index (χ2v) is 21.5. The number of halogens is 2. The van der Waals surface area contributed by atoms with E-state index in [1.54, 1.807) is 0 Å². The molecular weight excluding hydrogens is 1210 g/mol. The number of ether oxygens (including phenoxy) is 8. The highest BCUT2D eigenvalue weighted by Crippen LogP contribution is 2.15. The first-order valence-electron chi connectivity index (χ1n) is 28.2. The molecule has 0 heterocycles. The van der Waals surface area contributed by atoms with E-state index in [1.807, 2.05) is 42.3 Å². The van der Waals surface area contributed by atoms with E-state index in [9.17, 15) is 38.4 Å².